The van der Waals surface area contributed by atoms with Crippen molar-refractivity contribution < 1.29 is 43.9 Å². The van der Waals surface area contributed by atoms with Crippen molar-refractivity contribution in [3.63, 3.8) is 0 Å². The first-order valence-electron chi connectivity index (χ1n) is 12.9. The molecule has 2 heterocycles. The zero-order valence-corrected chi connectivity index (χ0v) is 22.8. The molecule has 1 saturated heterocycles. The third kappa shape index (κ3) is 8.46. The fraction of sp³-hybridized carbons (Fsp3) is 0.429. The lowest BCUT2D eigenvalue weighted by Crippen LogP contribution is -2.42. The smallest absolute Gasteiger partial charge is 0.336 e. The first-order valence-corrected chi connectivity index (χ1v) is 12.9. The molecule has 1 unspecified atom stereocenters. The second-order valence-electron chi connectivity index (χ2n) is 10.1. The lowest BCUT2D eigenvalue weighted by molar-refractivity contribution is -0.170. The van der Waals surface area contributed by atoms with Gasteiger partial charge in [-0.1, -0.05) is 18.2 Å². The maximum atomic E-state index is 13.6. The van der Waals surface area contributed by atoms with Crippen LogP contribution in [0.3, 0.4) is 0 Å². The van der Waals surface area contributed by atoms with E-state index >= 15 is 0 Å². The molecule has 12 nitrogen and oxygen atoms in total. The van der Waals surface area contributed by atoms with Crippen molar-refractivity contribution in [2.75, 3.05) is 13.2 Å². The standard InChI is InChI=1S/C22H26FN3O2.C6H8O7/c1-24-20-9-8-17(12-21(20)25(2)22(24)27)14-26(15-19-7-4-10-28-19)13-16-5-3-6-18(23)11-16;7-3(8)1-6(13,5(11)12)2-4(9)10/h3,5-6,8-9,11-12,19H,4,7,10,13-15H2,1-2H3;13H,1-2H2,(H,7,8)(H,9,10)(H,11,12). The second-order valence-corrected chi connectivity index (χ2v) is 10.1. The van der Waals surface area contributed by atoms with Gasteiger partial charge in [-0.05, 0) is 48.2 Å². The molecule has 1 aliphatic heterocycles. The second kappa shape index (κ2) is 13.5. The molecule has 4 rings (SSSR count). The Kier molecular flexibility index (Phi) is 10.4. The summed E-state index contributed by atoms with van der Waals surface area (Å²) in [6.07, 6.45) is 0.0875. The van der Waals surface area contributed by atoms with Gasteiger partial charge < -0.3 is 25.2 Å². The molecule has 1 fully saturated rings. The highest BCUT2D eigenvalue weighted by atomic mass is 19.1. The Hall–Kier alpha value is -4.07. The number of benzene rings is 2. The van der Waals surface area contributed by atoms with Crippen LogP contribution >= 0.6 is 0 Å². The number of imidazole rings is 1. The molecule has 0 radical (unpaired) electrons. The minimum atomic E-state index is -2.74. The average Bonchev–Trinajstić information content (AvgIpc) is 3.46. The van der Waals surface area contributed by atoms with Gasteiger partial charge in [0.15, 0.2) is 5.60 Å². The maximum absolute atomic E-state index is 13.6. The van der Waals surface area contributed by atoms with Crippen LogP contribution in [-0.2, 0) is 46.3 Å². The minimum absolute atomic E-state index is 0.0249. The number of hydrogen-bond donors (Lipinski definition) is 4. The van der Waals surface area contributed by atoms with Gasteiger partial charge in [0.2, 0.25) is 0 Å². The largest absolute Gasteiger partial charge is 0.481 e. The zero-order valence-electron chi connectivity index (χ0n) is 22.8. The Bertz CT molecular complexity index is 1440. The number of hydrogen-bond acceptors (Lipinski definition) is 7. The van der Waals surface area contributed by atoms with Gasteiger partial charge in [-0.2, -0.15) is 0 Å². The summed E-state index contributed by atoms with van der Waals surface area (Å²) in [6.45, 7) is 3.00. The number of ether oxygens (including phenoxy) is 1. The Morgan fingerprint density at radius 1 is 0.976 bits per heavy atom. The molecule has 1 atom stereocenters. The average molecular weight is 576 g/mol. The van der Waals surface area contributed by atoms with Crippen LogP contribution in [0, 0.1) is 5.82 Å². The van der Waals surface area contributed by atoms with E-state index in [2.05, 4.69) is 17.0 Å². The molecule has 1 aliphatic rings. The van der Waals surface area contributed by atoms with Gasteiger partial charge in [-0.15, -0.1) is 0 Å². The third-order valence-electron chi connectivity index (χ3n) is 6.81. The molecule has 3 aromatic rings. The summed E-state index contributed by atoms with van der Waals surface area (Å²) in [5, 5.41) is 33.8. The number of aliphatic carboxylic acids is 3. The van der Waals surface area contributed by atoms with Crippen LogP contribution in [0.25, 0.3) is 11.0 Å². The van der Waals surface area contributed by atoms with Gasteiger partial charge in [-0.3, -0.25) is 23.6 Å². The van der Waals surface area contributed by atoms with E-state index in [0.29, 0.717) is 6.54 Å². The summed E-state index contributed by atoms with van der Waals surface area (Å²) in [7, 11) is 3.59. The minimum Gasteiger partial charge on any atom is -0.481 e. The molecular formula is C28H34FN3O9. The van der Waals surface area contributed by atoms with Gasteiger partial charge in [-0.25, -0.2) is 14.0 Å². The number of halogens is 1. The number of aromatic nitrogens is 2. The number of aryl methyl sites for hydroxylation is 2. The van der Waals surface area contributed by atoms with E-state index in [4.69, 9.17) is 25.2 Å². The summed E-state index contributed by atoms with van der Waals surface area (Å²) >= 11 is 0. The van der Waals surface area contributed by atoms with Crippen LogP contribution in [-0.4, -0.2) is 77.2 Å². The number of nitrogens with zero attached hydrogens (tertiary/aromatic N) is 3. The van der Waals surface area contributed by atoms with Gasteiger partial charge >= 0.3 is 23.6 Å². The zero-order chi connectivity index (χ0) is 30.3. The number of rotatable bonds is 11. The molecule has 13 heteroatoms. The Labute approximate surface area is 234 Å². The van der Waals surface area contributed by atoms with E-state index in [9.17, 15) is 23.6 Å². The first kappa shape index (κ1) is 31.5. The van der Waals surface area contributed by atoms with Crippen molar-refractivity contribution in [3.8, 4) is 0 Å². The van der Waals surface area contributed by atoms with E-state index in [-0.39, 0.29) is 17.6 Å². The summed E-state index contributed by atoms with van der Waals surface area (Å²) in [6, 6.07) is 12.9. The fourth-order valence-electron chi connectivity index (χ4n) is 4.78. The molecule has 0 bridgehead atoms. The van der Waals surface area contributed by atoms with Crippen LogP contribution in [0.1, 0.15) is 36.8 Å². The highest BCUT2D eigenvalue weighted by Gasteiger charge is 2.40. The topological polar surface area (TPSA) is 172 Å². The molecular weight excluding hydrogens is 541 g/mol. The monoisotopic (exact) mass is 575 g/mol. The van der Waals surface area contributed by atoms with E-state index in [1.807, 2.05) is 12.1 Å². The summed E-state index contributed by atoms with van der Waals surface area (Å²) < 4.78 is 22.8. The highest BCUT2D eigenvalue weighted by molar-refractivity contribution is 5.88. The predicted octanol–water partition coefficient (Wildman–Crippen LogP) is 1.95. The molecule has 0 saturated carbocycles. The highest BCUT2D eigenvalue weighted by Crippen LogP contribution is 2.20. The lowest BCUT2D eigenvalue weighted by atomic mass is 9.96. The molecule has 222 valence electrons. The SMILES string of the molecule is Cn1c(=O)n(C)c2cc(CN(Cc3cccc(F)c3)CC3CCCO3)ccc21.O=C(O)CC(O)(CC(=O)O)C(=O)O. The number of carboxylic acids is 3. The summed E-state index contributed by atoms with van der Waals surface area (Å²) in [5.41, 5.74) is 1.16. The normalized spacial score (nSPS) is 15.1. The van der Waals surface area contributed by atoms with Crippen LogP contribution < -0.4 is 5.69 Å². The molecule has 2 aromatic carbocycles. The van der Waals surface area contributed by atoms with Crippen LogP contribution in [0.15, 0.2) is 47.3 Å². The van der Waals surface area contributed by atoms with Gasteiger partial charge in [0.25, 0.3) is 0 Å². The molecule has 4 N–H and O–H groups in total. The van der Waals surface area contributed by atoms with Gasteiger partial charge in [0.1, 0.15) is 5.82 Å². The first-order chi connectivity index (χ1) is 19.3. The predicted molar refractivity (Wildman–Crippen MR) is 145 cm³/mol. The molecule has 0 spiro atoms. The Morgan fingerprint density at radius 2 is 1.59 bits per heavy atom. The molecule has 41 heavy (non-hydrogen) atoms. The van der Waals surface area contributed by atoms with Crippen molar-refractivity contribution in [2.24, 2.45) is 14.1 Å². The van der Waals surface area contributed by atoms with E-state index in [1.165, 1.54) is 6.07 Å². The molecule has 0 aliphatic carbocycles. The molecule has 0 amide bonds. The van der Waals surface area contributed by atoms with E-state index in [1.54, 1.807) is 35.4 Å². The van der Waals surface area contributed by atoms with Gasteiger partial charge in [0, 0.05) is 40.3 Å². The van der Waals surface area contributed by atoms with Crippen molar-refractivity contribution in [1.82, 2.24) is 14.0 Å². The number of carboxylic acid groups (broad SMARTS) is 3. The number of carbonyl (C=O) groups is 3. The molecule has 1 aromatic heterocycles. The Balaban J connectivity index is 0.000000302. The number of fused-ring (bicyclic) bond motifs is 1. The Morgan fingerprint density at radius 3 is 2.12 bits per heavy atom. The van der Waals surface area contributed by atoms with Gasteiger partial charge in [0.05, 0.1) is 30.0 Å². The lowest BCUT2D eigenvalue weighted by Gasteiger charge is -2.25. The van der Waals surface area contributed by atoms with Crippen LogP contribution in [0.4, 0.5) is 4.39 Å². The number of aliphatic hydroxyl groups is 1. The fourth-order valence-corrected chi connectivity index (χ4v) is 4.78. The van der Waals surface area contributed by atoms with Crippen molar-refractivity contribution in [3.05, 3.63) is 69.9 Å². The quantitative estimate of drug-likeness (QED) is 0.265. The summed E-state index contributed by atoms with van der Waals surface area (Å²) in [4.78, 5) is 45.0. The van der Waals surface area contributed by atoms with Crippen molar-refractivity contribution in [2.45, 2.75) is 50.5 Å². The third-order valence-corrected chi connectivity index (χ3v) is 6.81. The summed E-state index contributed by atoms with van der Waals surface area (Å²) in [5.74, 6) is -5.23. The van der Waals surface area contributed by atoms with Crippen LogP contribution in [0.2, 0.25) is 0 Å². The maximum Gasteiger partial charge on any atom is 0.336 e. The van der Waals surface area contributed by atoms with E-state index < -0.39 is 36.4 Å². The van der Waals surface area contributed by atoms with E-state index in [0.717, 1.165) is 54.7 Å². The van der Waals surface area contributed by atoms with Crippen molar-refractivity contribution in [1.29, 1.82) is 0 Å². The van der Waals surface area contributed by atoms with Crippen LogP contribution in [0.5, 0.6) is 0 Å². The van der Waals surface area contributed by atoms with Crippen molar-refractivity contribution >= 4 is 28.9 Å².